The number of likely N-dealkylation sites (N-methyl/N-ethyl adjacent to an activating group) is 1. The molecule has 0 aliphatic carbocycles. The van der Waals surface area contributed by atoms with Gasteiger partial charge in [0.2, 0.25) is 5.91 Å². The summed E-state index contributed by atoms with van der Waals surface area (Å²) < 4.78 is 5.61. The molecule has 1 aromatic carbocycles. The average molecular weight is 348 g/mol. The van der Waals surface area contributed by atoms with Crippen molar-refractivity contribution in [2.45, 2.75) is 18.9 Å². The summed E-state index contributed by atoms with van der Waals surface area (Å²) in [4.78, 5) is 14.0. The lowest BCUT2D eigenvalue weighted by molar-refractivity contribution is -0.117. The first kappa shape index (κ1) is 19.0. The number of halogens is 2. The number of amides is 1. The van der Waals surface area contributed by atoms with Crippen molar-refractivity contribution in [2.24, 2.45) is 0 Å². The van der Waals surface area contributed by atoms with Gasteiger partial charge in [0.1, 0.15) is 12.4 Å². The molecule has 2 N–H and O–H groups in total. The molecule has 7 heteroatoms. The molecule has 1 atom stereocenters. The smallest absolute Gasteiger partial charge is 0.241 e. The first-order valence-electron chi connectivity index (χ1n) is 7.17. The van der Waals surface area contributed by atoms with Gasteiger partial charge in [-0.3, -0.25) is 4.79 Å². The Labute approximate surface area is 142 Å². The van der Waals surface area contributed by atoms with E-state index in [1.54, 1.807) is 12.1 Å². The Morgan fingerprint density at radius 3 is 2.86 bits per heavy atom. The second-order valence-corrected chi connectivity index (χ2v) is 5.84. The molecule has 124 valence electrons. The first-order valence-corrected chi connectivity index (χ1v) is 7.55. The third-order valence-electron chi connectivity index (χ3n) is 3.37. The number of rotatable bonds is 6. The molecule has 2 rings (SSSR count). The lowest BCUT2D eigenvalue weighted by Gasteiger charge is -2.14. The molecule has 1 fully saturated rings. The predicted octanol–water partition coefficient (Wildman–Crippen LogP) is 2.39. The van der Waals surface area contributed by atoms with Gasteiger partial charge in [0.25, 0.3) is 0 Å². The Hall–Kier alpha value is -1.01. The number of benzene rings is 1. The minimum Gasteiger partial charge on any atom is -0.491 e. The van der Waals surface area contributed by atoms with Gasteiger partial charge in [0.15, 0.2) is 0 Å². The maximum Gasteiger partial charge on any atom is 0.241 e. The molecule has 1 heterocycles. The summed E-state index contributed by atoms with van der Waals surface area (Å²) in [6, 6.07) is 5.22. The van der Waals surface area contributed by atoms with Gasteiger partial charge in [0.05, 0.1) is 11.1 Å². The zero-order valence-corrected chi connectivity index (χ0v) is 14.5. The number of hydrogen-bond donors (Lipinski definition) is 2. The summed E-state index contributed by atoms with van der Waals surface area (Å²) in [6.45, 7) is 2.30. The summed E-state index contributed by atoms with van der Waals surface area (Å²) in [5.41, 5.74) is 0.693. The van der Waals surface area contributed by atoms with Crippen LogP contribution in [0.2, 0.25) is 5.02 Å². The Kier molecular flexibility index (Phi) is 7.96. The Bertz CT molecular complexity index is 492. The molecule has 0 bridgehead atoms. The lowest BCUT2D eigenvalue weighted by atomic mass is 10.2. The van der Waals surface area contributed by atoms with Crippen molar-refractivity contribution in [1.29, 1.82) is 0 Å². The van der Waals surface area contributed by atoms with Gasteiger partial charge >= 0.3 is 0 Å². The molecular weight excluding hydrogens is 325 g/mol. The summed E-state index contributed by atoms with van der Waals surface area (Å²) >= 11 is 6.18. The summed E-state index contributed by atoms with van der Waals surface area (Å²) in [5.74, 6) is 0.625. The van der Waals surface area contributed by atoms with Crippen LogP contribution in [0.3, 0.4) is 0 Å². The number of anilines is 1. The Balaban J connectivity index is 0.00000242. The largest absolute Gasteiger partial charge is 0.491 e. The highest BCUT2D eigenvalue weighted by molar-refractivity contribution is 6.32. The summed E-state index contributed by atoms with van der Waals surface area (Å²) in [7, 11) is 3.97. The minimum absolute atomic E-state index is 0. The third kappa shape index (κ3) is 5.65. The van der Waals surface area contributed by atoms with E-state index in [-0.39, 0.29) is 24.4 Å². The van der Waals surface area contributed by atoms with E-state index in [4.69, 9.17) is 16.3 Å². The van der Waals surface area contributed by atoms with Gasteiger partial charge in [-0.2, -0.15) is 0 Å². The topological polar surface area (TPSA) is 53.6 Å². The molecule has 1 saturated heterocycles. The number of nitrogens with one attached hydrogen (secondary N) is 2. The Morgan fingerprint density at radius 1 is 1.50 bits per heavy atom. The van der Waals surface area contributed by atoms with Crippen molar-refractivity contribution in [2.75, 3.05) is 39.1 Å². The maximum absolute atomic E-state index is 12.0. The van der Waals surface area contributed by atoms with Crippen LogP contribution >= 0.6 is 24.0 Å². The van der Waals surface area contributed by atoms with Crippen molar-refractivity contribution in [3.05, 3.63) is 23.2 Å². The normalized spacial score (nSPS) is 17.2. The molecule has 1 aliphatic rings. The van der Waals surface area contributed by atoms with E-state index in [0.29, 0.717) is 23.1 Å². The van der Waals surface area contributed by atoms with Crippen LogP contribution in [0.5, 0.6) is 5.75 Å². The van der Waals surface area contributed by atoms with Gasteiger partial charge in [-0.15, -0.1) is 12.4 Å². The van der Waals surface area contributed by atoms with Gasteiger partial charge in [-0.25, -0.2) is 0 Å². The monoisotopic (exact) mass is 347 g/mol. The van der Waals surface area contributed by atoms with Crippen LogP contribution in [-0.4, -0.2) is 50.6 Å². The van der Waals surface area contributed by atoms with Crippen LogP contribution in [0.25, 0.3) is 0 Å². The molecule has 0 spiro atoms. The summed E-state index contributed by atoms with van der Waals surface area (Å²) in [6.07, 6.45) is 1.92. The molecule has 0 aromatic heterocycles. The molecule has 5 nitrogen and oxygen atoms in total. The second-order valence-electron chi connectivity index (χ2n) is 5.44. The van der Waals surface area contributed by atoms with Crippen LogP contribution in [0.1, 0.15) is 12.8 Å². The van der Waals surface area contributed by atoms with Crippen molar-refractivity contribution in [1.82, 2.24) is 10.2 Å². The van der Waals surface area contributed by atoms with Crippen molar-refractivity contribution < 1.29 is 9.53 Å². The van der Waals surface area contributed by atoms with Crippen LogP contribution in [0, 0.1) is 0 Å². The maximum atomic E-state index is 12.0. The molecule has 1 amide bonds. The van der Waals surface area contributed by atoms with Crippen LogP contribution in [-0.2, 0) is 4.79 Å². The standard InChI is InChI=1S/C15H22ClN3O2.ClH/c1-19(2)8-9-21-14-6-5-11(10-12(14)16)18-15(20)13-4-3-7-17-13;/h5-6,10,13,17H,3-4,7-9H2,1-2H3,(H,18,20);1H/t13-;/m0./s1. The van der Waals surface area contributed by atoms with Crippen LogP contribution < -0.4 is 15.4 Å². The molecule has 1 aromatic rings. The quantitative estimate of drug-likeness (QED) is 0.829. The van der Waals surface area contributed by atoms with E-state index in [1.807, 2.05) is 25.1 Å². The number of hydrogen-bond acceptors (Lipinski definition) is 4. The van der Waals surface area contributed by atoms with Gasteiger partial charge in [-0.05, 0) is 51.7 Å². The van der Waals surface area contributed by atoms with Crippen molar-refractivity contribution in [3.63, 3.8) is 0 Å². The number of nitrogens with zero attached hydrogens (tertiary/aromatic N) is 1. The van der Waals surface area contributed by atoms with E-state index in [9.17, 15) is 4.79 Å². The van der Waals surface area contributed by atoms with Gasteiger partial charge in [-0.1, -0.05) is 11.6 Å². The lowest BCUT2D eigenvalue weighted by Crippen LogP contribution is -2.35. The zero-order valence-electron chi connectivity index (χ0n) is 12.9. The highest BCUT2D eigenvalue weighted by atomic mass is 35.5. The zero-order chi connectivity index (χ0) is 15.2. The highest BCUT2D eigenvalue weighted by Crippen LogP contribution is 2.27. The van der Waals surface area contributed by atoms with E-state index in [2.05, 4.69) is 10.6 Å². The van der Waals surface area contributed by atoms with Crippen molar-refractivity contribution >= 4 is 35.6 Å². The average Bonchev–Trinajstić information content (AvgIpc) is 2.95. The number of carbonyl (C=O) groups excluding carboxylic acids is 1. The molecular formula is C15H23Cl2N3O2. The van der Waals surface area contributed by atoms with E-state index >= 15 is 0 Å². The molecule has 0 saturated carbocycles. The van der Waals surface area contributed by atoms with Gasteiger partial charge in [0, 0.05) is 12.2 Å². The van der Waals surface area contributed by atoms with Gasteiger partial charge < -0.3 is 20.3 Å². The van der Waals surface area contributed by atoms with Crippen LogP contribution in [0.15, 0.2) is 18.2 Å². The fourth-order valence-corrected chi connectivity index (χ4v) is 2.41. The molecule has 22 heavy (non-hydrogen) atoms. The van der Waals surface area contributed by atoms with Crippen molar-refractivity contribution in [3.8, 4) is 5.75 Å². The number of carbonyl (C=O) groups is 1. The minimum atomic E-state index is -0.0974. The fraction of sp³-hybridized carbons (Fsp3) is 0.533. The number of ether oxygens (including phenoxy) is 1. The summed E-state index contributed by atoms with van der Waals surface area (Å²) in [5, 5.41) is 6.55. The second kappa shape index (κ2) is 9.20. The predicted molar refractivity (Wildman–Crippen MR) is 92.4 cm³/mol. The molecule has 0 radical (unpaired) electrons. The SMILES string of the molecule is CN(C)CCOc1ccc(NC(=O)[C@@H]2CCCN2)cc1Cl.Cl. The molecule has 1 aliphatic heterocycles. The van der Waals surface area contributed by atoms with E-state index < -0.39 is 0 Å². The highest BCUT2D eigenvalue weighted by Gasteiger charge is 2.22. The van der Waals surface area contributed by atoms with E-state index in [1.165, 1.54) is 0 Å². The van der Waals surface area contributed by atoms with Crippen LogP contribution in [0.4, 0.5) is 5.69 Å². The third-order valence-corrected chi connectivity index (χ3v) is 3.67. The first-order chi connectivity index (χ1) is 10.1. The van der Waals surface area contributed by atoms with E-state index in [0.717, 1.165) is 25.9 Å². The Morgan fingerprint density at radius 2 is 2.27 bits per heavy atom. The fourth-order valence-electron chi connectivity index (χ4n) is 2.17. The molecule has 0 unspecified atom stereocenters.